The van der Waals surface area contributed by atoms with Crippen LogP contribution in [0, 0.1) is 17.1 Å². The molecule has 3 nitrogen and oxygen atoms in total. The Morgan fingerprint density at radius 1 is 1.56 bits per heavy atom. The van der Waals surface area contributed by atoms with Gasteiger partial charge in [0, 0.05) is 16.6 Å². The number of carbonyl (C=O) groups excluding carboxylic acids is 1. The van der Waals surface area contributed by atoms with Crippen LogP contribution in [0.15, 0.2) is 22.7 Å². The predicted octanol–water partition coefficient (Wildman–Crippen LogP) is 2.57. The summed E-state index contributed by atoms with van der Waals surface area (Å²) in [6.07, 6.45) is 0. The van der Waals surface area contributed by atoms with Gasteiger partial charge in [0.1, 0.15) is 12.4 Å². The summed E-state index contributed by atoms with van der Waals surface area (Å²) in [4.78, 5) is 13.2. The van der Waals surface area contributed by atoms with Crippen molar-refractivity contribution in [3.05, 3.63) is 34.1 Å². The van der Waals surface area contributed by atoms with Gasteiger partial charge < -0.3 is 4.90 Å². The Morgan fingerprint density at radius 2 is 2.25 bits per heavy atom. The quantitative estimate of drug-likeness (QED) is 0.801. The summed E-state index contributed by atoms with van der Waals surface area (Å²) < 4.78 is 13.6. The van der Waals surface area contributed by atoms with Gasteiger partial charge in [0.15, 0.2) is 0 Å². The van der Waals surface area contributed by atoms with E-state index in [0.717, 1.165) is 6.07 Å². The van der Waals surface area contributed by atoms with E-state index in [1.54, 1.807) is 6.92 Å². The number of hydrogen-bond donors (Lipinski definition) is 0. The molecule has 0 spiro atoms. The highest BCUT2D eigenvalue weighted by molar-refractivity contribution is 9.10. The minimum absolute atomic E-state index is 0.00344. The molecule has 0 aliphatic heterocycles. The van der Waals surface area contributed by atoms with Crippen LogP contribution in [0.1, 0.15) is 17.3 Å². The fourth-order valence-electron chi connectivity index (χ4n) is 1.27. The number of amides is 1. The van der Waals surface area contributed by atoms with E-state index in [1.807, 2.05) is 6.07 Å². The molecule has 1 aromatic carbocycles. The first-order valence-corrected chi connectivity index (χ1v) is 5.50. The van der Waals surface area contributed by atoms with Crippen molar-refractivity contribution < 1.29 is 9.18 Å². The fourth-order valence-corrected chi connectivity index (χ4v) is 1.74. The van der Waals surface area contributed by atoms with Crippen LogP contribution in [0.4, 0.5) is 4.39 Å². The molecule has 0 atom stereocenters. The lowest BCUT2D eigenvalue weighted by molar-refractivity contribution is 0.0783. The summed E-state index contributed by atoms with van der Waals surface area (Å²) in [5.41, 5.74) is 0.240. The maximum atomic E-state index is 13.1. The highest BCUT2D eigenvalue weighted by Gasteiger charge is 2.14. The van der Waals surface area contributed by atoms with Crippen molar-refractivity contribution in [1.29, 1.82) is 5.26 Å². The van der Waals surface area contributed by atoms with E-state index in [9.17, 15) is 9.18 Å². The zero-order valence-corrected chi connectivity index (χ0v) is 10.3. The first kappa shape index (κ1) is 12.7. The van der Waals surface area contributed by atoms with E-state index in [4.69, 9.17) is 5.26 Å². The zero-order chi connectivity index (χ0) is 12.1. The molecule has 1 rings (SSSR count). The monoisotopic (exact) mass is 284 g/mol. The third-order valence-corrected chi connectivity index (χ3v) is 2.50. The smallest absolute Gasteiger partial charge is 0.254 e. The predicted molar refractivity (Wildman–Crippen MR) is 61.3 cm³/mol. The maximum absolute atomic E-state index is 13.1. The molecule has 0 unspecified atom stereocenters. The van der Waals surface area contributed by atoms with Gasteiger partial charge in [0.05, 0.1) is 6.07 Å². The Bertz CT molecular complexity index is 422. The Hall–Kier alpha value is -1.41. The minimum Gasteiger partial charge on any atom is -0.326 e. The van der Waals surface area contributed by atoms with E-state index >= 15 is 0 Å². The Balaban J connectivity index is 2.99. The average Bonchev–Trinajstić information content (AvgIpc) is 2.23. The van der Waals surface area contributed by atoms with E-state index in [-0.39, 0.29) is 18.0 Å². The van der Waals surface area contributed by atoms with Gasteiger partial charge in [-0.3, -0.25) is 4.79 Å². The summed E-state index contributed by atoms with van der Waals surface area (Å²) in [6, 6.07) is 5.87. The molecule has 0 heterocycles. The Morgan fingerprint density at radius 3 is 2.75 bits per heavy atom. The first-order chi connectivity index (χ1) is 7.58. The maximum Gasteiger partial charge on any atom is 0.254 e. The summed E-state index contributed by atoms with van der Waals surface area (Å²) >= 11 is 3.12. The number of nitrogens with zero attached hydrogens (tertiary/aromatic N) is 2. The van der Waals surface area contributed by atoms with E-state index in [0.29, 0.717) is 11.0 Å². The van der Waals surface area contributed by atoms with Gasteiger partial charge in [0.2, 0.25) is 0 Å². The summed E-state index contributed by atoms with van der Waals surface area (Å²) in [5, 5.41) is 8.55. The van der Waals surface area contributed by atoms with Crippen LogP contribution in [-0.4, -0.2) is 23.9 Å². The van der Waals surface area contributed by atoms with Crippen LogP contribution in [0.5, 0.6) is 0 Å². The molecule has 16 heavy (non-hydrogen) atoms. The van der Waals surface area contributed by atoms with Gasteiger partial charge in [-0.25, -0.2) is 4.39 Å². The molecule has 0 saturated carbocycles. The van der Waals surface area contributed by atoms with Crippen molar-refractivity contribution in [1.82, 2.24) is 4.90 Å². The molecule has 0 radical (unpaired) electrons. The van der Waals surface area contributed by atoms with Crippen molar-refractivity contribution in [2.75, 3.05) is 13.1 Å². The first-order valence-electron chi connectivity index (χ1n) is 4.70. The van der Waals surface area contributed by atoms with Crippen molar-refractivity contribution >= 4 is 21.8 Å². The second kappa shape index (κ2) is 5.61. The SMILES string of the molecule is CCN(CC#N)C(=O)c1cc(F)cc(Br)c1. The molecule has 0 saturated heterocycles. The normalized spacial score (nSPS) is 9.62. The molecule has 0 fully saturated rings. The van der Waals surface area contributed by atoms with E-state index in [2.05, 4.69) is 15.9 Å². The lowest BCUT2D eigenvalue weighted by Crippen LogP contribution is -2.31. The van der Waals surface area contributed by atoms with Gasteiger partial charge in [-0.2, -0.15) is 5.26 Å². The van der Waals surface area contributed by atoms with Gasteiger partial charge in [-0.15, -0.1) is 0 Å². The molecule has 0 N–H and O–H groups in total. The van der Waals surface area contributed by atoms with Crippen LogP contribution >= 0.6 is 15.9 Å². The second-order valence-electron chi connectivity index (χ2n) is 3.14. The minimum atomic E-state index is -0.481. The van der Waals surface area contributed by atoms with Crippen LogP contribution in [0.3, 0.4) is 0 Å². The van der Waals surface area contributed by atoms with Gasteiger partial charge in [-0.1, -0.05) is 15.9 Å². The third-order valence-electron chi connectivity index (χ3n) is 2.04. The highest BCUT2D eigenvalue weighted by atomic mass is 79.9. The molecule has 0 aliphatic rings. The van der Waals surface area contributed by atoms with E-state index in [1.165, 1.54) is 17.0 Å². The summed E-state index contributed by atoms with van der Waals surface area (Å²) in [6.45, 7) is 2.19. The average molecular weight is 285 g/mol. The van der Waals surface area contributed by atoms with Crippen LogP contribution in [0.25, 0.3) is 0 Å². The molecule has 1 aromatic rings. The number of carbonyl (C=O) groups is 1. The Kier molecular flexibility index (Phi) is 4.44. The van der Waals surface area contributed by atoms with Gasteiger partial charge in [-0.05, 0) is 25.1 Å². The van der Waals surface area contributed by atoms with E-state index < -0.39 is 5.82 Å². The van der Waals surface area contributed by atoms with Crippen molar-refractivity contribution in [2.24, 2.45) is 0 Å². The largest absolute Gasteiger partial charge is 0.326 e. The highest BCUT2D eigenvalue weighted by Crippen LogP contribution is 2.16. The van der Waals surface area contributed by atoms with Crippen molar-refractivity contribution in [3.8, 4) is 6.07 Å². The molecular weight excluding hydrogens is 275 g/mol. The molecule has 84 valence electrons. The number of benzene rings is 1. The standard InChI is InChI=1S/C11H10BrFN2O/c1-2-15(4-3-14)11(16)8-5-9(12)7-10(13)6-8/h5-7H,2,4H2,1H3. The number of rotatable bonds is 3. The third kappa shape index (κ3) is 3.04. The van der Waals surface area contributed by atoms with Crippen molar-refractivity contribution in [2.45, 2.75) is 6.92 Å². The summed E-state index contributed by atoms with van der Waals surface area (Å²) in [7, 11) is 0. The topological polar surface area (TPSA) is 44.1 Å². The van der Waals surface area contributed by atoms with Gasteiger partial charge in [0.25, 0.3) is 5.91 Å². The number of hydrogen-bond acceptors (Lipinski definition) is 2. The van der Waals surface area contributed by atoms with Gasteiger partial charge >= 0.3 is 0 Å². The lowest BCUT2D eigenvalue weighted by Gasteiger charge is -2.17. The van der Waals surface area contributed by atoms with Crippen molar-refractivity contribution in [3.63, 3.8) is 0 Å². The molecule has 1 amide bonds. The van der Waals surface area contributed by atoms with Crippen LogP contribution in [-0.2, 0) is 0 Å². The fraction of sp³-hybridized carbons (Fsp3) is 0.273. The van der Waals surface area contributed by atoms with Crippen LogP contribution in [0.2, 0.25) is 0 Å². The summed E-state index contributed by atoms with van der Waals surface area (Å²) in [5.74, 6) is -0.824. The second-order valence-corrected chi connectivity index (χ2v) is 4.05. The molecule has 0 aromatic heterocycles. The lowest BCUT2D eigenvalue weighted by atomic mass is 10.2. The zero-order valence-electron chi connectivity index (χ0n) is 8.70. The number of halogens is 2. The molecular formula is C11H10BrFN2O. The molecule has 0 aliphatic carbocycles. The molecule has 5 heteroatoms. The number of nitriles is 1. The molecule has 0 bridgehead atoms. The van der Waals surface area contributed by atoms with Crippen LogP contribution < -0.4 is 0 Å². The Labute approximate surface area is 102 Å².